The molecule has 2 aliphatic heterocycles. The molecule has 0 radical (unpaired) electrons. The van der Waals surface area contributed by atoms with Gasteiger partial charge in [-0.3, -0.25) is 0 Å². The molecule has 0 amide bonds. The molecule has 2 saturated heterocycles. The lowest BCUT2D eigenvalue weighted by Crippen LogP contribution is -2.02. The zero-order valence-electron chi connectivity index (χ0n) is 3.79. The van der Waals surface area contributed by atoms with E-state index in [4.69, 9.17) is 0 Å². The van der Waals surface area contributed by atoms with Crippen LogP contribution < -0.4 is 0 Å². The van der Waals surface area contributed by atoms with E-state index in [0.717, 1.165) is 9.16 Å². The third-order valence-corrected chi connectivity index (χ3v) is 6.54. The second-order valence-corrected chi connectivity index (χ2v) is 6.29. The molecule has 0 saturated carbocycles. The standard InChI is InChI=1S/C4H6S3/c1-3-2-6-4(5-1)7-3/h3-4H,1-2H2. The molecule has 7 heavy (non-hydrogen) atoms. The molecular weight excluding hydrogens is 144 g/mol. The fraction of sp³-hybridized carbons (Fsp3) is 1.00. The quantitative estimate of drug-likeness (QED) is 0.517. The van der Waals surface area contributed by atoms with Gasteiger partial charge in [0.05, 0.1) is 3.91 Å². The Kier molecular flexibility index (Phi) is 1.24. The minimum atomic E-state index is 0.921. The van der Waals surface area contributed by atoms with Gasteiger partial charge < -0.3 is 0 Å². The van der Waals surface area contributed by atoms with Gasteiger partial charge in [-0.1, -0.05) is 0 Å². The van der Waals surface area contributed by atoms with Crippen LogP contribution in [0.1, 0.15) is 0 Å². The molecule has 0 spiro atoms. The summed E-state index contributed by atoms with van der Waals surface area (Å²) in [4.78, 5) is 0. The summed E-state index contributed by atoms with van der Waals surface area (Å²) in [6.07, 6.45) is 0. The fourth-order valence-corrected chi connectivity index (χ4v) is 6.22. The molecule has 2 bridgehead atoms. The summed E-state index contributed by atoms with van der Waals surface area (Å²) < 4.78 is 0.921. The Morgan fingerprint density at radius 1 is 1.14 bits per heavy atom. The van der Waals surface area contributed by atoms with Crippen LogP contribution in [-0.2, 0) is 0 Å². The van der Waals surface area contributed by atoms with Crippen LogP contribution in [0.25, 0.3) is 0 Å². The molecule has 2 rings (SSSR count). The van der Waals surface area contributed by atoms with Crippen LogP contribution >= 0.6 is 35.3 Å². The van der Waals surface area contributed by atoms with Crippen molar-refractivity contribution in [1.29, 1.82) is 0 Å². The Labute approximate surface area is 56.2 Å². The van der Waals surface area contributed by atoms with E-state index in [2.05, 4.69) is 35.3 Å². The van der Waals surface area contributed by atoms with Crippen LogP contribution in [0.3, 0.4) is 0 Å². The molecule has 40 valence electrons. The van der Waals surface area contributed by atoms with Crippen molar-refractivity contribution in [2.45, 2.75) is 9.16 Å². The van der Waals surface area contributed by atoms with E-state index >= 15 is 0 Å². The zero-order chi connectivity index (χ0) is 4.69. The fourth-order valence-electron chi connectivity index (χ4n) is 0.782. The van der Waals surface area contributed by atoms with E-state index in [-0.39, 0.29) is 0 Å². The third kappa shape index (κ3) is 0.794. The first kappa shape index (κ1) is 4.89. The average molecular weight is 150 g/mol. The second-order valence-electron chi connectivity index (χ2n) is 1.71. The van der Waals surface area contributed by atoms with Gasteiger partial charge in [0.1, 0.15) is 0 Å². The molecule has 0 unspecified atom stereocenters. The van der Waals surface area contributed by atoms with Gasteiger partial charge in [0.25, 0.3) is 0 Å². The highest BCUT2D eigenvalue weighted by Gasteiger charge is 2.32. The molecule has 2 fully saturated rings. The van der Waals surface area contributed by atoms with Gasteiger partial charge in [-0.2, -0.15) is 0 Å². The molecule has 0 aromatic carbocycles. The summed E-state index contributed by atoms with van der Waals surface area (Å²) in [7, 11) is 0. The second kappa shape index (κ2) is 1.78. The van der Waals surface area contributed by atoms with Crippen molar-refractivity contribution >= 4 is 35.3 Å². The molecular formula is C4H6S3. The predicted octanol–water partition coefficient (Wildman–Crippen LogP) is 1.87. The Morgan fingerprint density at radius 3 is 2.00 bits per heavy atom. The zero-order valence-corrected chi connectivity index (χ0v) is 6.24. The Bertz CT molecular complexity index is 65.0. The molecule has 0 aromatic rings. The van der Waals surface area contributed by atoms with Gasteiger partial charge in [-0.15, -0.1) is 35.3 Å². The van der Waals surface area contributed by atoms with Gasteiger partial charge >= 0.3 is 0 Å². The summed E-state index contributed by atoms with van der Waals surface area (Å²) in [5.41, 5.74) is 0. The van der Waals surface area contributed by atoms with Crippen molar-refractivity contribution in [3.05, 3.63) is 0 Å². The number of thioether (sulfide) groups is 3. The van der Waals surface area contributed by atoms with Crippen molar-refractivity contribution in [2.75, 3.05) is 11.5 Å². The maximum Gasteiger partial charge on any atom is 0.0960 e. The first-order chi connectivity index (χ1) is 3.45. The minimum absolute atomic E-state index is 0.921. The van der Waals surface area contributed by atoms with E-state index in [1.165, 1.54) is 11.5 Å². The SMILES string of the molecule is C1SC2SCC1S2. The molecule has 0 aromatic heterocycles. The third-order valence-electron chi connectivity index (χ3n) is 1.14. The lowest BCUT2D eigenvalue weighted by atomic mass is 10.6. The van der Waals surface area contributed by atoms with E-state index < -0.39 is 0 Å². The maximum absolute atomic E-state index is 2.16. The van der Waals surface area contributed by atoms with Crippen molar-refractivity contribution in [1.82, 2.24) is 0 Å². The highest BCUT2D eigenvalue weighted by molar-refractivity contribution is 8.36. The largest absolute Gasteiger partial charge is 0.135 e. The van der Waals surface area contributed by atoms with Crippen LogP contribution in [0.4, 0.5) is 0 Å². The lowest BCUT2D eigenvalue weighted by Gasteiger charge is -2.02. The summed E-state index contributed by atoms with van der Waals surface area (Å²) in [5.74, 6) is 2.84. The van der Waals surface area contributed by atoms with Gasteiger partial charge in [0.15, 0.2) is 0 Å². The molecule has 0 aliphatic carbocycles. The summed E-state index contributed by atoms with van der Waals surface area (Å²) in [5, 5.41) is 1.01. The molecule has 0 N–H and O–H groups in total. The molecule has 3 heteroatoms. The van der Waals surface area contributed by atoms with E-state index in [1.54, 1.807) is 0 Å². The van der Waals surface area contributed by atoms with Crippen LogP contribution in [-0.4, -0.2) is 20.7 Å². The first-order valence-electron chi connectivity index (χ1n) is 2.34. The molecule has 0 nitrogen and oxygen atoms in total. The first-order valence-corrected chi connectivity index (χ1v) is 5.38. The number of rotatable bonds is 0. The van der Waals surface area contributed by atoms with Gasteiger partial charge in [-0.05, 0) is 0 Å². The Balaban J connectivity index is 2.12. The van der Waals surface area contributed by atoms with Gasteiger partial charge in [0, 0.05) is 16.8 Å². The molecule has 2 heterocycles. The Morgan fingerprint density at radius 2 is 1.86 bits per heavy atom. The maximum atomic E-state index is 2.16. The van der Waals surface area contributed by atoms with Crippen LogP contribution in [0.5, 0.6) is 0 Å². The smallest absolute Gasteiger partial charge is 0.0960 e. The average Bonchev–Trinajstić information content (AvgIpc) is 2.22. The summed E-state index contributed by atoms with van der Waals surface area (Å²) >= 11 is 6.39. The molecule has 2 aliphatic rings. The van der Waals surface area contributed by atoms with Crippen molar-refractivity contribution in [3.8, 4) is 0 Å². The van der Waals surface area contributed by atoms with Gasteiger partial charge in [0.2, 0.25) is 0 Å². The molecule has 0 atom stereocenters. The van der Waals surface area contributed by atoms with Crippen LogP contribution in [0.15, 0.2) is 0 Å². The van der Waals surface area contributed by atoms with E-state index in [0.29, 0.717) is 0 Å². The highest BCUT2D eigenvalue weighted by Crippen LogP contribution is 2.51. The van der Waals surface area contributed by atoms with Crippen LogP contribution in [0, 0.1) is 0 Å². The highest BCUT2D eigenvalue weighted by atomic mass is 32.3. The summed E-state index contributed by atoms with van der Waals surface area (Å²) in [6.45, 7) is 0. The van der Waals surface area contributed by atoms with Crippen molar-refractivity contribution in [2.24, 2.45) is 0 Å². The Hall–Kier alpha value is 1.05. The number of hydrogen-bond acceptors (Lipinski definition) is 3. The summed E-state index contributed by atoms with van der Waals surface area (Å²) in [6, 6.07) is 0. The monoisotopic (exact) mass is 150 g/mol. The normalized spacial score (nSPS) is 48.0. The number of hydrogen-bond donors (Lipinski definition) is 0. The van der Waals surface area contributed by atoms with Gasteiger partial charge in [-0.25, -0.2) is 0 Å². The topological polar surface area (TPSA) is 0 Å². The lowest BCUT2D eigenvalue weighted by molar-refractivity contribution is 1.17. The van der Waals surface area contributed by atoms with Crippen LogP contribution in [0.2, 0.25) is 0 Å². The van der Waals surface area contributed by atoms with Crippen molar-refractivity contribution < 1.29 is 0 Å². The minimum Gasteiger partial charge on any atom is -0.135 e. The van der Waals surface area contributed by atoms with Crippen molar-refractivity contribution in [3.63, 3.8) is 0 Å². The number of fused-ring (bicyclic) bond motifs is 2. The van der Waals surface area contributed by atoms with E-state index in [1.807, 2.05) is 0 Å². The predicted molar refractivity (Wildman–Crippen MR) is 40.1 cm³/mol. The van der Waals surface area contributed by atoms with E-state index in [9.17, 15) is 0 Å².